The number of carbonyl (C=O) groups excluding carboxylic acids is 1. The van der Waals surface area contributed by atoms with E-state index in [0.717, 1.165) is 16.8 Å². The van der Waals surface area contributed by atoms with Crippen molar-refractivity contribution in [3.63, 3.8) is 0 Å². The maximum absolute atomic E-state index is 12.1. The van der Waals surface area contributed by atoms with Gasteiger partial charge in [-0.3, -0.25) is 9.78 Å². The molecule has 0 spiro atoms. The Bertz CT molecular complexity index is 766. The zero-order valence-corrected chi connectivity index (χ0v) is 14.6. The Hall–Kier alpha value is -2.50. The number of nitrogens with zero attached hydrogens (tertiary/aromatic N) is 5. The first-order valence-corrected chi connectivity index (χ1v) is 8.14. The Labute approximate surface area is 142 Å². The smallest absolute Gasteiger partial charge is 0.246 e. The van der Waals surface area contributed by atoms with Crippen LogP contribution in [0.4, 0.5) is 0 Å². The number of aromatic nitrogens is 4. The number of rotatable bonds is 3. The fourth-order valence-corrected chi connectivity index (χ4v) is 2.54. The number of allylic oxidation sites excluding steroid dienone is 1. The van der Waals surface area contributed by atoms with E-state index in [0.29, 0.717) is 13.1 Å². The molecule has 3 heterocycles. The molecule has 6 nitrogen and oxygen atoms in total. The third-order valence-electron chi connectivity index (χ3n) is 4.10. The minimum Gasteiger partial charge on any atom is -0.335 e. The number of amides is 1. The summed E-state index contributed by atoms with van der Waals surface area (Å²) < 4.78 is 1.85. The van der Waals surface area contributed by atoms with Crippen LogP contribution in [0.5, 0.6) is 0 Å². The molecule has 0 radical (unpaired) electrons. The summed E-state index contributed by atoms with van der Waals surface area (Å²) in [5, 5.41) is 8.46. The van der Waals surface area contributed by atoms with Gasteiger partial charge in [0.1, 0.15) is 5.69 Å². The summed E-state index contributed by atoms with van der Waals surface area (Å²) in [5.74, 6) is 0.0598. The normalized spacial score (nSPS) is 15.8. The third kappa shape index (κ3) is 3.53. The Morgan fingerprint density at radius 3 is 2.75 bits per heavy atom. The van der Waals surface area contributed by atoms with Crippen molar-refractivity contribution in [1.29, 1.82) is 0 Å². The van der Waals surface area contributed by atoms with E-state index >= 15 is 0 Å². The number of pyridine rings is 1. The predicted octanol–water partition coefficient (Wildman–Crippen LogP) is 2.63. The van der Waals surface area contributed by atoms with Crippen LogP contribution in [0.1, 0.15) is 32.4 Å². The van der Waals surface area contributed by atoms with Gasteiger partial charge in [0.25, 0.3) is 0 Å². The lowest BCUT2D eigenvalue weighted by molar-refractivity contribution is -0.131. The van der Waals surface area contributed by atoms with Crippen molar-refractivity contribution >= 4 is 5.91 Å². The second-order valence-corrected chi connectivity index (χ2v) is 7.37. The molecule has 0 bridgehead atoms. The van der Waals surface area contributed by atoms with Gasteiger partial charge in [-0.2, -0.15) is 0 Å². The van der Waals surface area contributed by atoms with Gasteiger partial charge in [-0.05, 0) is 30.0 Å². The minimum absolute atomic E-state index is 0.0162. The largest absolute Gasteiger partial charge is 0.335 e. The highest BCUT2D eigenvalue weighted by Crippen LogP contribution is 2.25. The fraction of sp³-hybridized carbons (Fsp3) is 0.444. The second-order valence-electron chi connectivity index (χ2n) is 7.37. The molecule has 1 amide bonds. The lowest BCUT2D eigenvalue weighted by Gasteiger charge is -2.38. The van der Waals surface area contributed by atoms with Gasteiger partial charge in [-0.25, -0.2) is 4.68 Å². The molecular formula is C18H23N5O. The Morgan fingerprint density at radius 2 is 2.08 bits per heavy atom. The van der Waals surface area contributed by atoms with Crippen molar-refractivity contribution in [2.75, 3.05) is 13.1 Å². The highest BCUT2D eigenvalue weighted by Gasteiger charge is 2.32. The van der Waals surface area contributed by atoms with Crippen molar-refractivity contribution in [3.05, 3.63) is 42.4 Å². The molecule has 6 heteroatoms. The average Bonchev–Trinajstić information content (AvgIpc) is 2.92. The third-order valence-corrected chi connectivity index (χ3v) is 4.10. The van der Waals surface area contributed by atoms with E-state index in [4.69, 9.17) is 0 Å². The van der Waals surface area contributed by atoms with Crippen LogP contribution in [0.2, 0.25) is 0 Å². The van der Waals surface area contributed by atoms with E-state index < -0.39 is 0 Å². The summed E-state index contributed by atoms with van der Waals surface area (Å²) >= 11 is 0. The van der Waals surface area contributed by atoms with E-state index in [1.807, 2.05) is 34.8 Å². The summed E-state index contributed by atoms with van der Waals surface area (Å²) in [6.45, 7) is 9.60. The Kier molecular flexibility index (Phi) is 4.22. The van der Waals surface area contributed by atoms with E-state index in [2.05, 4.69) is 36.1 Å². The van der Waals surface area contributed by atoms with Gasteiger partial charge in [-0.1, -0.05) is 32.1 Å². The molecule has 0 N–H and O–H groups in total. The molecule has 0 atom stereocenters. The molecule has 1 aliphatic rings. The fourth-order valence-electron chi connectivity index (χ4n) is 2.54. The van der Waals surface area contributed by atoms with Crippen LogP contribution in [0.3, 0.4) is 0 Å². The van der Waals surface area contributed by atoms with Crippen molar-refractivity contribution in [1.82, 2.24) is 24.9 Å². The van der Waals surface area contributed by atoms with Gasteiger partial charge in [0.05, 0.1) is 12.2 Å². The maximum Gasteiger partial charge on any atom is 0.246 e. The van der Waals surface area contributed by atoms with Crippen molar-refractivity contribution in [2.24, 2.45) is 5.41 Å². The predicted molar refractivity (Wildman–Crippen MR) is 92.2 cm³/mol. The summed E-state index contributed by atoms with van der Waals surface area (Å²) in [6.07, 6.45) is 9.12. The molecule has 0 unspecified atom stereocenters. The van der Waals surface area contributed by atoms with Gasteiger partial charge in [0.15, 0.2) is 0 Å². The number of carbonyl (C=O) groups is 1. The van der Waals surface area contributed by atoms with Crippen LogP contribution in [0, 0.1) is 12.3 Å². The molecule has 1 saturated heterocycles. The molecule has 2 aromatic rings. The van der Waals surface area contributed by atoms with Gasteiger partial charge in [0.2, 0.25) is 5.91 Å². The zero-order chi connectivity index (χ0) is 17.3. The van der Waals surface area contributed by atoms with Gasteiger partial charge >= 0.3 is 0 Å². The number of likely N-dealkylation sites (tertiary alicyclic amines) is 1. The van der Waals surface area contributed by atoms with E-state index in [1.54, 1.807) is 18.5 Å². The first-order valence-electron chi connectivity index (χ1n) is 8.14. The molecule has 0 aromatic carbocycles. The molecule has 1 fully saturated rings. The maximum atomic E-state index is 12.1. The second kappa shape index (κ2) is 6.19. The van der Waals surface area contributed by atoms with E-state index in [9.17, 15) is 4.79 Å². The first kappa shape index (κ1) is 16.4. The van der Waals surface area contributed by atoms with Crippen LogP contribution in [-0.2, 0) is 4.79 Å². The lowest BCUT2D eigenvalue weighted by Crippen LogP contribution is -2.50. The monoisotopic (exact) mass is 325 g/mol. The number of hydrogen-bond donors (Lipinski definition) is 0. The highest BCUT2D eigenvalue weighted by atomic mass is 16.2. The van der Waals surface area contributed by atoms with Crippen LogP contribution in [0.25, 0.3) is 11.3 Å². The van der Waals surface area contributed by atoms with Crippen LogP contribution >= 0.6 is 0 Å². The molecule has 3 rings (SSSR count). The van der Waals surface area contributed by atoms with Crippen LogP contribution in [0.15, 0.2) is 36.8 Å². The minimum atomic E-state index is 0.0162. The summed E-state index contributed by atoms with van der Waals surface area (Å²) in [5.41, 5.74) is 2.94. The highest BCUT2D eigenvalue weighted by molar-refractivity contribution is 5.88. The summed E-state index contributed by atoms with van der Waals surface area (Å²) in [4.78, 5) is 18.1. The van der Waals surface area contributed by atoms with Crippen molar-refractivity contribution in [2.45, 2.75) is 33.7 Å². The van der Waals surface area contributed by atoms with Gasteiger partial charge in [-0.15, -0.1) is 5.10 Å². The molecule has 126 valence electrons. The first-order chi connectivity index (χ1) is 11.3. The van der Waals surface area contributed by atoms with Crippen molar-refractivity contribution in [3.8, 4) is 11.3 Å². The number of aryl methyl sites for hydroxylation is 1. The average molecular weight is 325 g/mol. The van der Waals surface area contributed by atoms with E-state index in [1.165, 1.54) is 0 Å². The molecule has 0 saturated carbocycles. The van der Waals surface area contributed by atoms with Crippen molar-refractivity contribution < 1.29 is 4.79 Å². The molecule has 24 heavy (non-hydrogen) atoms. The van der Waals surface area contributed by atoms with Crippen LogP contribution < -0.4 is 0 Å². The molecule has 2 aromatic heterocycles. The van der Waals surface area contributed by atoms with E-state index in [-0.39, 0.29) is 17.4 Å². The summed E-state index contributed by atoms with van der Waals surface area (Å²) in [7, 11) is 0. The summed E-state index contributed by atoms with van der Waals surface area (Å²) in [6, 6.07) is 2.15. The zero-order valence-electron chi connectivity index (χ0n) is 14.6. The molecular weight excluding hydrogens is 302 g/mol. The Balaban J connectivity index is 1.62. The molecule has 0 aliphatic carbocycles. The quantitative estimate of drug-likeness (QED) is 0.814. The standard InChI is InChI=1S/C18H23N5O/c1-13-6-8-19-9-15(13)16-12-23(21-20-16)14-10-22(11-14)17(24)5-7-18(2,3)4/h5-9,12,14H,10-11H2,1-4H3/b7-5+. The SMILES string of the molecule is Cc1ccncc1-c1cn(C2CN(C(=O)/C=C/C(C)(C)C)C2)nn1. The lowest BCUT2D eigenvalue weighted by atomic mass is 9.96. The number of hydrogen-bond acceptors (Lipinski definition) is 4. The molecule has 1 aliphatic heterocycles. The van der Waals surface area contributed by atoms with Gasteiger partial charge < -0.3 is 4.90 Å². The van der Waals surface area contributed by atoms with Gasteiger partial charge in [0, 0.05) is 31.0 Å². The topological polar surface area (TPSA) is 63.9 Å². The Morgan fingerprint density at radius 1 is 1.33 bits per heavy atom. The van der Waals surface area contributed by atoms with Crippen LogP contribution in [-0.4, -0.2) is 43.9 Å².